The van der Waals surface area contributed by atoms with Crippen molar-refractivity contribution < 1.29 is 32.9 Å². The van der Waals surface area contributed by atoms with Gasteiger partial charge in [-0.15, -0.1) is 0 Å². The number of rotatable bonds is 36. The Morgan fingerprint density at radius 1 is 0.708 bits per heavy atom. The summed E-state index contributed by atoms with van der Waals surface area (Å²) in [5.41, 5.74) is 0. The van der Waals surface area contributed by atoms with Crippen molar-refractivity contribution in [2.75, 3.05) is 40.9 Å². The van der Waals surface area contributed by atoms with Crippen molar-refractivity contribution in [2.24, 2.45) is 0 Å². The van der Waals surface area contributed by atoms with E-state index < -0.39 is 20.0 Å². The zero-order chi connectivity index (χ0) is 35.8. The van der Waals surface area contributed by atoms with Gasteiger partial charge in [-0.25, -0.2) is 0 Å². The minimum Gasteiger partial charge on any atom is -0.756 e. The highest BCUT2D eigenvalue weighted by Crippen LogP contribution is 2.38. The van der Waals surface area contributed by atoms with E-state index in [4.69, 9.17) is 9.05 Å². The Kier molecular flexibility index (Phi) is 31.7. The summed E-state index contributed by atoms with van der Waals surface area (Å²) in [6.07, 6.45) is 33.9. The summed E-state index contributed by atoms with van der Waals surface area (Å²) in [5.74, 6) is -0.199. The Bertz CT molecular complexity index is 804. The van der Waals surface area contributed by atoms with Crippen LogP contribution in [-0.2, 0) is 18.4 Å². The van der Waals surface area contributed by atoms with Gasteiger partial charge in [0, 0.05) is 6.42 Å². The van der Waals surface area contributed by atoms with Crippen molar-refractivity contribution >= 4 is 13.7 Å². The summed E-state index contributed by atoms with van der Waals surface area (Å²) in [5, 5.41) is 13.7. The number of nitrogens with one attached hydrogen (secondary N) is 1. The van der Waals surface area contributed by atoms with Gasteiger partial charge in [-0.2, -0.15) is 0 Å². The van der Waals surface area contributed by atoms with Gasteiger partial charge in [0.2, 0.25) is 5.91 Å². The van der Waals surface area contributed by atoms with Crippen molar-refractivity contribution in [2.45, 2.75) is 193 Å². The first-order chi connectivity index (χ1) is 23.0. The lowest BCUT2D eigenvalue weighted by Crippen LogP contribution is -2.45. The molecule has 1 amide bonds. The predicted molar refractivity (Wildman–Crippen MR) is 201 cm³/mol. The van der Waals surface area contributed by atoms with Crippen molar-refractivity contribution in [1.29, 1.82) is 0 Å². The minimum atomic E-state index is -4.57. The normalized spacial score (nSPS) is 14.7. The molecule has 0 radical (unpaired) electrons. The van der Waals surface area contributed by atoms with Gasteiger partial charge in [0.15, 0.2) is 0 Å². The second kappa shape index (κ2) is 32.2. The molecule has 1 unspecified atom stereocenters. The molecule has 2 N–H and O–H groups in total. The summed E-state index contributed by atoms with van der Waals surface area (Å²) >= 11 is 0. The first kappa shape index (κ1) is 47.2. The van der Waals surface area contributed by atoms with Gasteiger partial charge in [0.05, 0.1) is 39.9 Å². The molecule has 8 nitrogen and oxygen atoms in total. The van der Waals surface area contributed by atoms with E-state index in [1.807, 2.05) is 27.2 Å². The number of amides is 1. The number of quaternary nitrogens is 1. The van der Waals surface area contributed by atoms with Crippen LogP contribution in [0.1, 0.15) is 181 Å². The zero-order valence-electron chi connectivity index (χ0n) is 32.2. The highest BCUT2D eigenvalue weighted by atomic mass is 31.2. The van der Waals surface area contributed by atoms with Crippen LogP contribution in [0, 0.1) is 0 Å². The van der Waals surface area contributed by atoms with E-state index in [2.05, 4.69) is 19.2 Å². The highest BCUT2D eigenvalue weighted by molar-refractivity contribution is 7.45. The van der Waals surface area contributed by atoms with E-state index in [1.54, 1.807) is 6.08 Å². The lowest BCUT2D eigenvalue weighted by atomic mass is 10.0. The molecule has 0 saturated carbocycles. The van der Waals surface area contributed by atoms with Gasteiger partial charge in [0.1, 0.15) is 13.2 Å². The van der Waals surface area contributed by atoms with Crippen molar-refractivity contribution in [3.8, 4) is 0 Å². The smallest absolute Gasteiger partial charge is 0.268 e. The molecule has 0 aliphatic carbocycles. The zero-order valence-corrected chi connectivity index (χ0v) is 33.1. The lowest BCUT2D eigenvalue weighted by molar-refractivity contribution is -0.870. The molecular formula is C39H79N2O6P. The lowest BCUT2D eigenvalue weighted by Gasteiger charge is -2.29. The summed E-state index contributed by atoms with van der Waals surface area (Å²) < 4.78 is 23.1. The highest BCUT2D eigenvalue weighted by Gasteiger charge is 2.23. The van der Waals surface area contributed by atoms with E-state index in [9.17, 15) is 19.4 Å². The van der Waals surface area contributed by atoms with E-state index in [0.29, 0.717) is 17.4 Å². The standard InChI is InChI=1S/C39H79N2O6P/c1-6-8-10-12-14-16-18-19-20-21-23-24-26-28-30-32-38(42)37(36-47-48(44,45)46-35-34-41(3,4)5)40-39(43)33-31-29-27-25-22-17-15-13-11-9-7-2/h30,32,37-38,42H,6-29,31,33-36H2,1-5H3,(H-,40,43,44,45)/b32-30+/t37-,38+/m0/s1. The number of nitrogens with zero attached hydrogens (tertiary/aromatic N) is 1. The molecule has 286 valence electrons. The average molecular weight is 703 g/mol. The van der Waals surface area contributed by atoms with Crippen LogP contribution in [0.3, 0.4) is 0 Å². The molecule has 0 heterocycles. The molecule has 0 fully saturated rings. The topological polar surface area (TPSA) is 108 Å². The van der Waals surface area contributed by atoms with Crippen LogP contribution in [0.5, 0.6) is 0 Å². The average Bonchev–Trinajstić information content (AvgIpc) is 3.02. The molecule has 0 aromatic rings. The van der Waals surface area contributed by atoms with Crippen LogP contribution >= 0.6 is 7.82 Å². The number of phosphoric acid groups is 1. The van der Waals surface area contributed by atoms with E-state index in [1.165, 1.54) is 122 Å². The van der Waals surface area contributed by atoms with E-state index in [-0.39, 0.29) is 19.1 Å². The number of hydrogen-bond acceptors (Lipinski definition) is 6. The number of aliphatic hydroxyl groups is 1. The SMILES string of the molecule is CCCCCCCCCCCCCCC/C=C/[C@@H](O)[C@H](COP(=O)([O-])OCC[N+](C)(C)C)NC(=O)CCCCCCCCCCCCC. The number of phosphoric ester groups is 1. The Labute approximate surface area is 297 Å². The van der Waals surface area contributed by atoms with Crippen LogP contribution < -0.4 is 10.2 Å². The maximum absolute atomic E-state index is 12.8. The van der Waals surface area contributed by atoms with Gasteiger partial charge < -0.3 is 28.8 Å². The maximum atomic E-state index is 12.8. The summed E-state index contributed by atoms with van der Waals surface area (Å²) in [4.78, 5) is 25.1. The second-order valence-corrected chi connectivity index (χ2v) is 16.4. The monoisotopic (exact) mass is 703 g/mol. The Morgan fingerprint density at radius 3 is 1.56 bits per heavy atom. The summed E-state index contributed by atoms with van der Waals surface area (Å²) in [7, 11) is 1.27. The molecule has 9 heteroatoms. The summed E-state index contributed by atoms with van der Waals surface area (Å²) in [6.45, 7) is 4.63. The number of hydrogen-bond donors (Lipinski definition) is 2. The van der Waals surface area contributed by atoms with Gasteiger partial charge >= 0.3 is 0 Å². The molecule has 0 aliphatic heterocycles. The molecule has 48 heavy (non-hydrogen) atoms. The van der Waals surface area contributed by atoms with Gasteiger partial charge in [0.25, 0.3) is 7.82 Å². The predicted octanol–water partition coefficient (Wildman–Crippen LogP) is 9.78. The number of carbonyl (C=O) groups is 1. The molecular weight excluding hydrogens is 623 g/mol. The van der Waals surface area contributed by atoms with Gasteiger partial charge in [-0.1, -0.05) is 167 Å². The van der Waals surface area contributed by atoms with Crippen molar-refractivity contribution in [3.05, 3.63) is 12.2 Å². The molecule has 0 spiro atoms. The fourth-order valence-electron chi connectivity index (χ4n) is 5.74. The third kappa shape index (κ3) is 33.7. The third-order valence-corrected chi connectivity index (χ3v) is 9.96. The molecule has 3 atom stereocenters. The van der Waals surface area contributed by atoms with Crippen LogP contribution in [0.15, 0.2) is 12.2 Å². The molecule has 0 aromatic carbocycles. The number of carbonyl (C=O) groups excluding carboxylic acids is 1. The third-order valence-electron chi connectivity index (χ3n) is 9.00. The number of allylic oxidation sites excluding steroid dienone is 1. The van der Waals surface area contributed by atoms with Crippen LogP contribution in [0.4, 0.5) is 0 Å². The molecule has 0 aliphatic rings. The molecule has 0 saturated heterocycles. The number of likely N-dealkylation sites (N-methyl/N-ethyl adjacent to an activating group) is 1. The Hall–Kier alpha value is -0.760. The fourth-order valence-corrected chi connectivity index (χ4v) is 6.46. The van der Waals surface area contributed by atoms with Crippen molar-refractivity contribution in [1.82, 2.24) is 5.32 Å². The van der Waals surface area contributed by atoms with Crippen LogP contribution in [0.2, 0.25) is 0 Å². The largest absolute Gasteiger partial charge is 0.756 e. The van der Waals surface area contributed by atoms with Gasteiger partial charge in [-0.05, 0) is 19.3 Å². The molecule has 0 aromatic heterocycles. The Morgan fingerprint density at radius 2 is 1.12 bits per heavy atom. The van der Waals surface area contributed by atoms with E-state index in [0.717, 1.165) is 38.5 Å². The minimum absolute atomic E-state index is 0.00173. The maximum Gasteiger partial charge on any atom is 0.268 e. The summed E-state index contributed by atoms with van der Waals surface area (Å²) in [6, 6.07) is -0.877. The fraction of sp³-hybridized carbons (Fsp3) is 0.923. The molecule has 0 rings (SSSR count). The van der Waals surface area contributed by atoms with Gasteiger partial charge in [-0.3, -0.25) is 9.36 Å². The van der Waals surface area contributed by atoms with Crippen LogP contribution in [0.25, 0.3) is 0 Å². The first-order valence-electron chi connectivity index (χ1n) is 20.1. The Balaban J connectivity index is 4.49. The second-order valence-electron chi connectivity index (χ2n) is 15.0. The van der Waals surface area contributed by atoms with Crippen molar-refractivity contribution in [3.63, 3.8) is 0 Å². The van der Waals surface area contributed by atoms with Crippen LogP contribution in [-0.4, -0.2) is 68.5 Å². The van der Waals surface area contributed by atoms with E-state index >= 15 is 0 Å². The number of unbranched alkanes of at least 4 members (excludes halogenated alkanes) is 23. The first-order valence-corrected chi connectivity index (χ1v) is 21.5. The quantitative estimate of drug-likeness (QED) is 0.0291. The molecule has 0 bridgehead atoms. The number of aliphatic hydroxyl groups excluding tert-OH is 1.